The summed E-state index contributed by atoms with van der Waals surface area (Å²) in [7, 11) is 0. The SMILES string of the molecule is CC(=O)Nc1ccc(-n2nc(-c3cccnc3)c3c2-c2sc(NC(C)=O)nc2CC3)c(O)c1. The van der Waals surface area contributed by atoms with Crippen molar-refractivity contribution in [2.24, 2.45) is 0 Å². The van der Waals surface area contributed by atoms with Crippen molar-refractivity contribution in [3.8, 4) is 33.3 Å². The zero-order valence-corrected chi connectivity index (χ0v) is 18.7. The zero-order chi connectivity index (χ0) is 23.1. The Labute approximate surface area is 193 Å². The van der Waals surface area contributed by atoms with Crippen LogP contribution in [-0.2, 0) is 22.4 Å². The quantitative estimate of drug-likeness (QED) is 0.426. The van der Waals surface area contributed by atoms with Gasteiger partial charge in [0.05, 0.1) is 22.0 Å². The monoisotopic (exact) mass is 460 g/mol. The average Bonchev–Trinajstić information content (AvgIpc) is 3.34. The van der Waals surface area contributed by atoms with Crippen LogP contribution in [0.4, 0.5) is 10.8 Å². The number of nitrogens with one attached hydrogen (secondary N) is 2. The Hall–Kier alpha value is -4.05. The number of rotatable bonds is 4. The molecule has 1 aliphatic rings. The van der Waals surface area contributed by atoms with E-state index < -0.39 is 0 Å². The number of aromatic hydroxyl groups is 1. The molecule has 0 saturated heterocycles. The van der Waals surface area contributed by atoms with Crippen molar-refractivity contribution in [3.05, 3.63) is 54.0 Å². The lowest BCUT2D eigenvalue weighted by Crippen LogP contribution is -2.08. The van der Waals surface area contributed by atoms with Gasteiger partial charge < -0.3 is 15.7 Å². The summed E-state index contributed by atoms with van der Waals surface area (Å²) in [6, 6.07) is 8.73. The highest BCUT2D eigenvalue weighted by atomic mass is 32.1. The van der Waals surface area contributed by atoms with E-state index in [0.717, 1.165) is 33.1 Å². The summed E-state index contributed by atoms with van der Waals surface area (Å²) in [6.07, 6.45) is 4.89. The van der Waals surface area contributed by atoms with Crippen molar-refractivity contribution in [3.63, 3.8) is 0 Å². The van der Waals surface area contributed by atoms with E-state index >= 15 is 0 Å². The highest BCUT2D eigenvalue weighted by Crippen LogP contribution is 2.45. The number of amides is 2. The Bertz CT molecular complexity index is 1390. The van der Waals surface area contributed by atoms with E-state index in [-0.39, 0.29) is 17.6 Å². The molecule has 4 aromatic rings. The molecular weight excluding hydrogens is 440 g/mol. The summed E-state index contributed by atoms with van der Waals surface area (Å²) in [6.45, 7) is 2.86. The van der Waals surface area contributed by atoms with Crippen LogP contribution in [0.1, 0.15) is 25.1 Å². The number of aromatic nitrogens is 4. The topological polar surface area (TPSA) is 122 Å². The molecule has 1 aliphatic carbocycles. The lowest BCUT2D eigenvalue weighted by atomic mass is 9.95. The largest absolute Gasteiger partial charge is 0.506 e. The number of hydrogen-bond donors (Lipinski definition) is 3. The molecule has 0 fully saturated rings. The van der Waals surface area contributed by atoms with E-state index in [4.69, 9.17) is 5.10 Å². The van der Waals surface area contributed by atoms with Crippen LogP contribution in [0.2, 0.25) is 0 Å². The van der Waals surface area contributed by atoms with Gasteiger partial charge in [0.2, 0.25) is 11.8 Å². The second kappa shape index (κ2) is 8.14. The summed E-state index contributed by atoms with van der Waals surface area (Å²) in [5.74, 6) is -0.433. The van der Waals surface area contributed by atoms with Crippen LogP contribution in [0.25, 0.3) is 27.5 Å². The van der Waals surface area contributed by atoms with Crippen LogP contribution in [0.5, 0.6) is 5.75 Å². The average molecular weight is 461 g/mol. The fourth-order valence-corrected chi connectivity index (χ4v) is 5.08. The standard InChI is InChI=1S/C23H20N6O3S/c1-12(30)25-15-5-8-18(19(32)10-15)29-21-16(20(28-29)14-4-3-9-24-11-14)6-7-17-22(21)33-23(27-17)26-13(2)31/h3-5,8-11,32H,6-7H2,1-2H3,(H,25,30)(H,26,27,31). The summed E-state index contributed by atoms with van der Waals surface area (Å²) in [5, 5.41) is 21.7. The van der Waals surface area contributed by atoms with Crippen molar-refractivity contribution >= 4 is 34.0 Å². The summed E-state index contributed by atoms with van der Waals surface area (Å²) >= 11 is 1.38. The van der Waals surface area contributed by atoms with Crippen LogP contribution in [0.3, 0.4) is 0 Å². The molecule has 0 bridgehead atoms. The number of carbonyl (C=O) groups is 2. The molecule has 166 valence electrons. The van der Waals surface area contributed by atoms with Gasteiger partial charge >= 0.3 is 0 Å². The lowest BCUT2D eigenvalue weighted by molar-refractivity contribution is -0.115. The molecule has 0 spiro atoms. The molecule has 0 radical (unpaired) electrons. The number of aryl methyl sites for hydroxylation is 1. The van der Waals surface area contributed by atoms with Gasteiger partial charge in [-0.1, -0.05) is 11.3 Å². The van der Waals surface area contributed by atoms with Crippen LogP contribution in [0, 0.1) is 0 Å². The van der Waals surface area contributed by atoms with Gasteiger partial charge in [0.15, 0.2) is 5.13 Å². The van der Waals surface area contributed by atoms with Gasteiger partial charge in [-0.05, 0) is 37.1 Å². The number of anilines is 2. The first-order valence-electron chi connectivity index (χ1n) is 10.3. The number of hydrogen-bond acceptors (Lipinski definition) is 7. The maximum atomic E-state index is 11.6. The summed E-state index contributed by atoms with van der Waals surface area (Å²) in [4.78, 5) is 32.7. The first-order chi connectivity index (χ1) is 15.9. The normalized spacial score (nSPS) is 12.1. The van der Waals surface area contributed by atoms with E-state index in [2.05, 4.69) is 20.6 Å². The van der Waals surface area contributed by atoms with Crippen LogP contribution in [0.15, 0.2) is 42.7 Å². The molecule has 3 aromatic heterocycles. The molecule has 33 heavy (non-hydrogen) atoms. The fraction of sp³-hybridized carbons (Fsp3) is 0.174. The number of thiazole rings is 1. The second-order valence-electron chi connectivity index (χ2n) is 7.69. The van der Waals surface area contributed by atoms with E-state index in [1.165, 1.54) is 31.3 Å². The summed E-state index contributed by atoms with van der Waals surface area (Å²) < 4.78 is 1.71. The maximum Gasteiger partial charge on any atom is 0.223 e. The van der Waals surface area contributed by atoms with Gasteiger partial charge in [-0.15, -0.1) is 0 Å². The number of pyridine rings is 1. The minimum absolute atomic E-state index is 0.0250. The third-order valence-electron chi connectivity index (χ3n) is 5.25. The molecule has 1 aromatic carbocycles. The molecule has 3 N–H and O–H groups in total. The molecule has 0 aliphatic heterocycles. The minimum Gasteiger partial charge on any atom is -0.506 e. The van der Waals surface area contributed by atoms with Crippen LogP contribution >= 0.6 is 11.3 Å². The van der Waals surface area contributed by atoms with Crippen molar-refractivity contribution < 1.29 is 14.7 Å². The molecule has 9 nitrogen and oxygen atoms in total. The first kappa shape index (κ1) is 20.8. The highest BCUT2D eigenvalue weighted by molar-refractivity contribution is 7.19. The van der Waals surface area contributed by atoms with Crippen LogP contribution in [-0.4, -0.2) is 36.7 Å². The number of phenols is 1. The van der Waals surface area contributed by atoms with Crippen LogP contribution < -0.4 is 10.6 Å². The Morgan fingerprint density at radius 2 is 1.94 bits per heavy atom. The molecule has 3 heterocycles. The molecule has 0 unspecified atom stereocenters. The molecule has 0 atom stereocenters. The van der Waals surface area contributed by atoms with Crippen molar-refractivity contribution in [1.29, 1.82) is 0 Å². The maximum absolute atomic E-state index is 11.6. The van der Waals surface area contributed by atoms with Crippen molar-refractivity contribution in [1.82, 2.24) is 19.7 Å². The van der Waals surface area contributed by atoms with Gasteiger partial charge in [-0.3, -0.25) is 14.6 Å². The third kappa shape index (κ3) is 3.85. The van der Waals surface area contributed by atoms with Gasteiger partial charge in [0.1, 0.15) is 11.4 Å². The number of benzene rings is 1. The van der Waals surface area contributed by atoms with E-state index in [1.807, 2.05) is 12.1 Å². The predicted octanol–water partition coefficient (Wildman–Crippen LogP) is 3.78. The molecule has 5 rings (SSSR count). The number of phenolic OH excluding ortho intramolecular Hbond substituents is 1. The smallest absolute Gasteiger partial charge is 0.223 e. The second-order valence-corrected chi connectivity index (χ2v) is 8.69. The van der Waals surface area contributed by atoms with E-state index in [9.17, 15) is 14.7 Å². The molecule has 10 heteroatoms. The Morgan fingerprint density at radius 1 is 1.12 bits per heavy atom. The van der Waals surface area contributed by atoms with Crippen molar-refractivity contribution in [2.45, 2.75) is 26.7 Å². The summed E-state index contributed by atoms with van der Waals surface area (Å²) in [5.41, 5.74) is 5.34. The van der Waals surface area contributed by atoms with Gasteiger partial charge in [-0.2, -0.15) is 5.10 Å². The predicted molar refractivity (Wildman–Crippen MR) is 126 cm³/mol. The first-order valence-corrected chi connectivity index (χ1v) is 11.1. The minimum atomic E-state index is -0.225. The van der Waals surface area contributed by atoms with Gasteiger partial charge in [0.25, 0.3) is 0 Å². The zero-order valence-electron chi connectivity index (χ0n) is 17.9. The number of nitrogens with zero attached hydrogens (tertiary/aromatic N) is 4. The van der Waals surface area contributed by atoms with Crippen molar-refractivity contribution in [2.75, 3.05) is 10.6 Å². The molecule has 0 saturated carbocycles. The number of fused-ring (bicyclic) bond motifs is 3. The Kier molecular flexibility index (Phi) is 5.14. The molecule has 2 amide bonds. The van der Waals surface area contributed by atoms with E-state index in [0.29, 0.717) is 29.3 Å². The Balaban J connectivity index is 1.71. The lowest BCUT2D eigenvalue weighted by Gasteiger charge is -2.15. The van der Waals surface area contributed by atoms with Gasteiger partial charge in [-0.25, -0.2) is 9.67 Å². The highest BCUT2D eigenvalue weighted by Gasteiger charge is 2.30. The third-order valence-corrected chi connectivity index (χ3v) is 6.27. The molecular formula is C23H20N6O3S. The number of carbonyl (C=O) groups excluding carboxylic acids is 2. The van der Waals surface area contributed by atoms with Gasteiger partial charge in [0, 0.05) is 49.1 Å². The van der Waals surface area contributed by atoms with E-state index in [1.54, 1.807) is 29.2 Å². The Morgan fingerprint density at radius 3 is 2.64 bits per heavy atom. The fourth-order valence-electron chi connectivity index (χ4n) is 3.97.